The van der Waals surface area contributed by atoms with Crippen LogP contribution in [0.5, 0.6) is 0 Å². The van der Waals surface area contributed by atoms with Gasteiger partial charge in [0.1, 0.15) is 0 Å². The zero-order valence-corrected chi connectivity index (χ0v) is 6.18. The Morgan fingerprint density at radius 2 is 2.50 bits per heavy atom. The van der Waals surface area contributed by atoms with Crippen LogP contribution in [0.3, 0.4) is 0 Å². The van der Waals surface area contributed by atoms with E-state index in [2.05, 4.69) is 15.7 Å². The van der Waals surface area contributed by atoms with Gasteiger partial charge in [-0.2, -0.15) is 0 Å². The minimum absolute atomic E-state index is 0.918. The number of hydrogen-bond acceptors (Lipinski definition) is 1. The van der Waals surface area contributed by atoms with E-state index < -0.39 is 0 Å². The van der Waals surface area contributed by atoms with Gasteiger partial charge >= 0.3 is 0 Å². The number of nitrogens with one attached hydrogen (secondary N) is 1. The van der Waals surface area contributed by atoms with Crippen molar-refractivity contribution >= 4 is 6.08 Å². The van der Waals surface area contributed by atoms with Crippen LogP contribution in [0.15, 0.2) is 23.8 Å². The van der Waals surface area contributed by atoms with Crippen molar-refractivity contribution in [1.29, 1.82) is 0 Å². The molecule has 1 heterocycles. The summed E-state index contributed by atoms with van der Waals surface area (Å²) in [7, 11) is 0. The van der Waals surface area contributed by atoms with Gasteiger partial charge in [-0.15, -0.1) is 5.73 Å². The zero-order valence-electron chi connectivity index (χ0n) is 6.18. The fourth-order valence-electron chi connectivity index (χ4n) is 0.569. The largest absolute Gasteiger partial charge is 0.351 e. The van der Waals surface area contributed by atoms with E-state index in [4.69, 9.17) is 0 Å². The van der Waals surface area contributed by atoms with Crippen molar-refractivity contribution in [2.45, 2.75) is 13.8 Å². The third kappa shape index (κ3) is 1.92. The Labute approximate surface area is 60.3 Å². The average molecular weight is 134 g/mol. The monoisotopic (exact) mass is 134 g/mol. The highest BCUT2D eigenvalue weighted by Crippen LogP contribution is 1.93. The lowest BCUT2D eigenvalue weighted by Crippen LogP contribution is -1.64. The molecule has 1 N–H and O–H groups in total. The van der Waals surface area contributed by atoms with Crippen LogP contribution in [0.4, 0.5) is 0 Å². The van der Waals surface area contributed by atoms with Gasteiger partial charge in [0, 0.05) is 12.3 Å². The van der Waals surface area contributed by atoms with Gasteiger partial charge in [-0.25, -0.2) is 4.98 Å². The van der Waals surface area contributed by atoms with Gasteiger partial charge in [-0.05, 0) is 19.4 Å². The first-order valence-electron chi connectivity index (χ1n) is 3.18. The van der Waals surface area contributed by atoms with Gasteiger partial charge in [0.2, 0.25) is 0 Å². The van der Waals surface area contributed by atoms with Crippen LogP contribution in [0.25, 0.3) is 6.08 Å². The second-order valence-electron chi connectivity index (χ2n) is 2.28. The topological polar surface area (TPSA) is 28.7 Å². The third-order valence-corrected chi connectivity index (χ3v) is 1.03. The molecule has 0 fully saturated rings. The first-order valence-corrected chi connectivity index (χ1v) is 3.18. The van der Waals surface area contributed by atoms with Crippen molar-refractivity contribution in [3.05, 3.63) is 29.5 Å². The second kappa shape index (κ2) is 3.04. The summed E-state index contributed by atoms with van der Waals surface area (Å²) >= 11 is 0. The quantitative estimate of drug-likeness (QED) is 0.584. The first-order chi connectivity index (χ1) is 4.79. The number of aromatic amines is 1. The van der Waals surface area contributed by atoms with Gasteiger partial charge in [0.25, 0.3) is 0 Å². The summed E-state index contributed by atoms with van der Waals surface area (Å²) in [6.07, 6.45) is 5.33. The zero-order chi connectivity index (χ0) is 7.40. The molecule has 0 atom stereocenters. The van der Waals surface area contributed by atoms with Gasteiger partial charge in [0.05, 0.1) is 12.0 Å². The highest BCUT2D eigenvalue weighted by Gasteiger charge is 1.82. The number of nitrogens with zero attached hydrogens (tertiary/aromatic N) is 1. The van der Waals surface area contributed by atoms with E-state index in [0.29, 0.717) is 0 Å². The molecule has 0 aliphatic rings. The molecule has 0 radical (unpaired) electrons. The number of H-pyrrole nitrogens is 1. The summed E-state index contributed by atoms with van der Waals surface area (Å²) in [5, 5.41) is 0. The molecule has 1 aromatic rings. The summed E-state index contributed by atoms with van der Waals surface area (Å²) < 4.78 is 0. The molecule has 0 bridgehead atoms. The van der Waals surface area contributed by atoms with E-state index in [0.717, 1.165) is 11.3 Å². The summed E-state index contributed by atoms with van der Waals surface area (Å²) in [4.78, 5) is 6.86. The minimum Gasteiger partial charge on any atom is -0.351 e. The molecule has 0 aromatic carbocycles. The highest BCUT2D eigenvalue weighted by molar-refractivity contribution is 5.42. The molecule has 52 valence electrons. The number of rotatable bonds is 1. The van der Waals surface area contributed by atoms with Crippen LogP contribution in [0, 0.1) is 0 Å². The van der Waals surface area contributed by atoms with Gasteiger partial charge in [-0.1, -0.05) is 0 Å². The molecule has 0 saturated heterocycles. The highest BCUT2D eigenvalue weighted by atomic mass is 14.8. The standard InChI is InChI=1S/C8H10N2/c1-7(2)3-4-8-5-9-6-10-8/h4-6H,1-2H3,(H,9,10). The molecule has 1 aromatic heterocycles. The van der Waals surface area contributed by atoms with Crippen LogP contribution in [-0.2, 0) is 0 Å². The first kappa shape index (κ1) is 6.84. The van der Waals surface area contributed by atoms with Crippen molar-refractivity contribution < 1.29 is 0 Å². The van der Waals surface area contributed by atoms with Crippen molar-refractivity contribution in [2.24, 2.45) is 0 Å². The number of imidazole rings is 1. The predicted molar refractivity (Wildman–Crippen MR) is 41.4 cm³/mol. The Balaban J connectivity index is 2.83. The minimum atomic E-state index is 0.918. The Morgan fingerprint density at radius 3 is 3.00 bits per heavy atom. The Hall–Kier alpha value is -1.27. The van der Waals surface area contributed by atoms with Crippen LogP contribution in [-0.4, -0.2) is 9.97 Å². The Kier molecular flexibility index (Phi) is 2.08. The number of aromatic nitrogens is 2. The van der Waals surface area contributed by atoms with E-state index in [1.54, 1.807) is 6.33 Å². The fourth-order valence-corrected chi connectivity index (χ4v) is 0.569. The molecule has 0 unspecified atom stereocenters. The van der Waals surface area contributed by atoms with Crippen molar-refractivity contribution in [3.63, 3.8) is 0 Å². The van der Waals surface area contributed by atoms with E-state index in [1.165, 1.54) is 0 Å². The predicted octanol–water partition coefficient (Wildman–Crippen LogP) is 1.99. The summed E-state index contributed by atoms with van der Waals surface area (Å²) in [6.45, 7) is 4.01. The molecule has 2 heteroatoms. The average Bonchev–Trinajstić information content (AvgIpc) is 2.34. The smallest absolute Gasteiger partial charge is 0.0927 e. The summed E-state index contributed by atoms with van der Waals surface area (Å²) in [6, 6.07) is 0. The molecular formula is C8H10N2. The molecule has 0 aliphatic heterocycles. The molecule has 10 heavy (non-hydrogen) atoms. The Morgan fingerprint density at radius 1 is 1.70 bits per heavy atom. The maximum Gasteiger partial charge on any atom is 0.0927 e. The van der Waals surface area contributed by atoms with Crippen molar-refractivity contribution in [1.82, 2.24) is 9.97 Å². The SMILES string of the molecule is CC(C)=C=Cc1c[nH]cn1. The van der Waals surface area contributed by atoms with E-state index in [9.17, 15) is 0 Å². The van der Waals surface area contributed by atoms with Crippen LogP contribution < -0.4 is 0 Å². The van der Waals surface area contributed by atoms with Gasteiger partial charge < -0.3 is 4.98 Å². The Bertz CT molecular complexity index is 247. The third-order valence-electron chi connectivity index (χ3n) is 1.03. The van der Waals surface area contributed by atoms with Gasteiger partial charge in [0.15, 0.2) is 0 Å². The number of allylic oxidation sites excluding steroid dienone is 1. The van der Waals surface area contributed by atoms with E-state index >= 15 is 0 Å². The maximum atomic E-state index is 4.00. The molecule has 1 rings (SSSR count). The van der Waals surface area contributed by atoms with E-state index in [1.807, 2.05) is 26.1 Å². The van der Waals surface area contributed by atoms with Crippen LogP contribution >= 0.6 is 0 Å². The molecular weight excluding hydrogens is 124 g/mol. The molecule has 0 amide bonds. The van der Waals surface area contributed by atoms with Crippen molar-refractivity contribution in [3.8, 4) is 0 Å². The van der Waals surface area contributed by atoms with Crippen molar-refractivity contribution in [2.75, 3.05) is 0 Å². The molecule has 0 aliphatic carbocycles. The molecule has 2 nitrogen and oxygen atoms in total. The lowest BCUT2D eigenvalue weighted by Gasteiger charge is -1.76. The lowest BCUT2D eigenvalue weighted by atomic mass is 10.3. The van der Waals surface area contributed by atoms with Crippen LogP contribution in [0.1, 0.15) is 19.5 Å². The summed E-state index contributed by atoms with van der Waals surface area (Å²) in [5.41, 5.74) is 5.13. The fraction of sp³-hybridized carbons (Fsp3) is 0.250. The van der Waals surface area contributed by atoms with E-state index in [-0.39, 0.29) is 0 Å². The lowest BCUT2D eigenvalue weighted by molar-refractivity contribution is 1.31. The van der Waals surface area contributed by atoms with Gasteiger partial charge in [-0.3, -0.25) is 0 Å². The maximum absolute atomic E-state index is 4.00. The summed E-state index contributed by atoms with van der Waals surface area (Å²) in [5.74, 6) is 0. The second-order valence-corrected chi connectivity index (χ2v) is 2.28. The molecule has 0 saturated carbocycles. The van der Waals surface area contributed by atoms with Crippen LogP contribution in [0.2, 0.25) is 0 Å². The number of hydrogen-bond donors (Lipinski definition) is 1. The normalized spacial score (nSPS) is 8.60. The molecule has 0 spiro atoms.